The van der Waals surface area contributed by atoms with Crippen LogP contribution >= 0.6 is 0 Å². The minimum atomic E-state index is 0.384. The lowest BCUT2D eigenvalue weighted by molar-refractivity contribution is 1.32. The second kappa shape index (κ2) is 4.72. The minimum Gasteiger partial charge on any atom is -0.361 e. The molecule has 0 saturated heterocycles. The molecule has 0 radical (unpaired) electrons. The third-order valence-electron chi connectivity index (χ3n) is 1.89. The molecule has 0 aliphatic rings. The van der Waals surface area contributed by atoms with Crippen molar-refractivity contribution in [1.82, 2.24) is 9.97 Å². The number of hydrogen-bond donors (Lipinski definition) is 0. The van der Waals surface area contributed by atoms with Crippen LogP contribution in [-0.2, 0) is 0 Å². The van der Waals surface area contributed by atoms with Gasteiger partial charge in [-0.2, -0.15) is 0 Å². The van der Waals surface area contributed by atoms with Crippen LogP contribution < -0.4 is 0 Å². The van der Waals surface area contributed by atoms with Crippen molar-refractivity contribution in [2.45, 2.75) is 0 Å². The molecule has 0 saturated carbocycles. The first kappa shape index (κ1) is 9.89. The van der Waals surface area contributed by atoms with E-state index in [-0.39, 0.29) is 0 Å². The molecule has 2 rings (SSSR count). The van der Waals surface area contributed by atoms with Gasteiger partial charge in [-0.05, 0) is 18.2 Å². The van der Waals surface area contributed by atoms with E-state index in [1.54, 1.807) is 30.7 Å². The Balaban J connectivity index is 2.22. The van der Waals surface area contributed by atoms with Crippen LogP contribution in [0.3, 0.4) is 0 Å². The number of pyridine rings is 2. The molecule has 16 heavy (non-hydrogen) atoms. The lowest BCUT2D eigenvalue weighted by atomic mass is 10.2. The lowest BCUT2D eigenvalue weighted by Crippen LogP contribution is -1.78. The van der Waals surface area contributed by atoms with E-state index in [0.29, 0.717) is 5.82 Å². The van der Waals surface area contributed by atoms with Crippen molar-refractivity contribution < 1.29 is 0 Å². The number of nitrogens with zero attached hydrogens (tertiary/aromatic N) is 3. The summed E-state index contributed by atoms with van der Waals surface area (Å²) in [6.45, 7) is 6.77. The van der Waals surface area contributed by atoms with E-state index in [9.17, 15) is 0 Å². The third-order valence-corrected chi connectivity index (χ3v) is 1.89. The van der Waals surface area contributed by atoms with E-state index >= 15 is 0 Å². The van der Waals surface area contributed by atoms with E-state index in [0.717, 1.165) is 11.1 Å². The molecule has 0 atom stereocenters. The van der Waals surface area contributed by atoms with E-state index < -0.39 is 0 Å². The second-order valence-corrected chi connectivity index (χ2v) is 3.00. The summed E-state index contributed by atoms with van der Waals surface area (Å²) in [6, 6.07) is 7.12. The number of rotatable bonds is 0. The number of aromatic nitrogens is 2. The molecule has 2 heterocycles. The van der Waals surface area contributed by atoms with Crippen LogP contribution in [0.2, 0.25) is 0 Å². The highest BCUT2D eigenvalue weighted by atomic mass is 14.8. The van der Waals surface area contributed by atoms with E-state index in [1.165, 1.54) is 0 Å². The highest BCUT2D eigenvalue weighted by Crippen LogP contribution is 2.07. The Bertz CT molecular complexity index is 569. The quantitative estimate of drug-likeness (QED) is 0.488. The van der Waals surface area contributed by atoms with Crippen LogP contribution in [0.1, 0.15) is 11.1 Å². The molecule has 0 aromatic carbocycles. The van der Waals surface area contributed by atoms with Crippen LogP contribution in [0.15, 0.2) is 42.9 Å². The zero-order valence-electron chi connectivity index (χ0n) is 8.38. The van der Waals surface area contributed by atoms with Crippen molar-refractivity contribution in [2.75, 3.05) is 0 Å². The zero-order chi connectivity index (χ0) is 11.2. The average molecular weight is 205 g/mol. The summed E-state index contributed by atoms with van der Waals surface area (Å²) >= 11 is 0. The third kappa shape index (κ3) is 2.43. The van der Waals surface area contributed by atoms with Crippen LogP contribution in [-0.4, -0.2) is 9.97 Å². The summed E-state index contributed by atoms with van der Waals surface area (Å²) < 4.78 is 0. The highest BCUT2D eigenvalue weighted by molar-refractivity contribution is 5.44. The fraction of sp³-hybridized carbons (Fsp3) is 0. The first-order valence-electron chi connectivity index (χ1n) is 4.64. The Morgan fingerprint density at radius 1 is 1.00 bits per heavy atom. The molecule has 0 amide bonds. The summed E-state index contributed by atoms with van der Waals surface area (Å²) in [6.07, 6.45) is 5.00. The molecule has 74 valence electrons. The van der Waals surface area contributed by atoms with Crippen LogP contribution in [0, 0.1) is 18.4 Å². The molecule has 2 aromatic rings. The molecule has 0 bridgehead atoms. The van der Waals surface area contributed by atoms with Crippen molar-refractivity contribution in [3.63, 3.8) is 0 Å². The predicted molar refractivity (Wildman–Crippen MR) is 60.7 cm³/mol. The summed E-state index contributed by atoms with van der Waals surface area (Å²) in [5, 5.41) is 0. The molecule has 0 fully saturated rings. The van der Waals surface area contributed by atoms with Crippen molar-refractivity contribution in [1.29, 1.82) is 0 Å². The fourth-order valence-electron chi connectivity index (χ4n) is 1.11. The Hall–Kier alpha value is -2.65. The van der Waals surface area contributed by atoms with Gasteiger partial charge in [-0.3, -0.25) is 4.98 Å². The fourth-order valence-corrected chi connectivity index (χ4v) is 1.11. The van der Waals surface area contributed by atoms with Gasteiger partial charge in [-0.25, -0.2) is 0 Å². The molecule has 0 aliphatic carbocycles. The summed E-state index contributed by atoms with van der Waals surface area (Å²) in [7, 11) is 0. The Morgan fingerprint density at radius 2 is 1.75 bits per heavy atom. The molecule has 0 spiro atoms. The standard InChI is InChI=1S/C13H7N3/c1-14-13-5-4-12(10-16-13)3-2-11-6-8-15-9-7-11/h4-10H. The summed E-state index contributed by atoms with van der Waals surface area (Å²) in [5.41, 5.74) is 1.70. The van der Waals surface area contributed by atoms with Crippen LogP contribution in [0.5, 0.6) is 0 Å². The topological polar surface area (TPSA) is 30.1 Å². The molecule has 3 heteroatoms. The van der Waals surface area contributed by atoms with E-state index in [2.05, 4.69) is 26.7 Å². The maximum absolute atomic E-state index is 6.77. The highest BCUT2D eigenvalue weighted by Gasteiger charge is 1.92. The van der Waals surface area contributed by atoms with Gasteiger partial charge in [0, 0.05) is 18.0 Å². The molecule has 0 aliphatic heterocycles. The molecule has 3 nitrogen and oxygen atoms in total. The van der Waals surface area contributed by atoms with Crippen molar-refractivity contribution in [3.05, 3.63) is 65.4 Å². The predicted octanol–water partition coefficient (Wildman–Crippen LogP) is 2.43. The minimum absolute atomic E-state index is 0.384. The molecule has 2 aromatic heterocycles. The van der Waals surface area contributed by atoms with Crippen molar-refractivity contribution in [2.24, 2.45) is 0 Å². The van der Waals surface area contributed by atoms with Gasteiger partial charge in [-0.1, -0.05) is 24.5 Å². The van der Waals surface area contributed by atoms with Gasteiger partial charge in [0.2, 0.25) is 0 Å². The molecular formula is C13H7N3. The lowest BCUT2D eigenvalue weighted by Gasteiger charge is -1.88. The van der Waals surface area contributed by atoms with Crippen LogP contribution in [0.25, 0.3) is 4.85 Å². The normalized spacial score (nSPS) is 8.69. The summed E-state index contributed by atoms with van der Waals surface area (Å²) in [5.74, 6) is 6.34. The number of hydrogen-bond acceptors (Lipinski definition) is 2. The Morgan fingerprint density at radius 3 is 2.38 bits per heavy atom. The largest absolute Gasteiger partial charge is 0.361 e. The average Bonchev–Trinajstić information content (AvgIpc) is 2.38. The second-order valence-electron chi connectivity index (χ2n) is 3.00. The molecule has 0 unspecified atom stereocenters. The monoisotopic (exact) mass is 205 g/mol. The Kier molecular flexibility index (Phi) is 2.92. The first-order valence-corrected chi connectivity index (χ1v) is 4.64. The van der Waals surface area contributed by atoms with Crippen molar-refractivity contribution >= 4 is 5.82 Å². The molecular weight excluding hydrogens is 198 g/mol. The van der Waals surface area contributed by atoms with Gasteiger partial charge in [-0.15, -0.1) is 4.98 Å². The van der Waals surface area contributed by atoms with Crippen molar-refractivity contribution in [3.8, 4) is 11.8 Å². The van der Waals surface area contributed by atoms with Gasteiger partial charge in [0.1, 0.15) is 6.20 Å². The van der Waals surface area contributed by atoms with Crippen LogP contribution in [0.4, 0.5) is 5.82 Å². The Labute approximate surface area is 93.6 Å². The van der Waals surface area contributed by atoms with Gasteiger partial charge >= 0.3 is 0 Å². The van der Waals surface area contributed by atoms with Gasteiger partial charge in [0.15, 0.2) is 0 Å². The first-order chi connectivity index (χ1) is 7.88. The van der Waals surface area contributed by atoms with E-state index in [1.807, 2.05) is 12.1 Å². The maximum Gasteiger partial charge on any atom is 0.269 e. The van der Waals surface area contributed by atoms with Gasteiger partial charge in [0.25, 0.3) is 5.82 Å². The summed E-state index contributed by atoms with van der Waals surface area (Å²) in [4.78, 5) is 11.1. The molecule has 0 N–H and O–H groups in total. The van der Waals surface area contributed by atoms with Gasteiger partial charge in [0.05, 0.1) is 5.56 Å². The zero-order valence-corrected chi connectivity index (χ0v) is 8.38. The smallest absolute Gasteiger partial charge is 0.269 e. The van der Waals surface area contributed by atoms with Gasteiger partial charge < -0.3 is 4.85 Å². The SMILES string of the molecule is [C-]#[N+]c1ccc(C#Cc2ccncc2)cn1. The maximum atomic E-state index is 6.77. The van der Waals surface area contributed by atoms with E-state index in [4.69, 9.17) is 6.57 Å².